The van der Waals surface area contributed by atoms with E-state index in [1.165, 1.54) is 0 Å². The van der Waals surface area contributed by atoms with Gasteiger partial charge in [-0.2, -0.15) is 0 Å². The van der Waals surface area contributed by atoms with Crippen LogP contribution in [0.1, 0.15) is 19.8 Å². The predicted molar refractivity (Wildman–Crippen MR) is 109 cm³/mol. The van der Waals surface area contributed by atoms with E-state index in [-0.39, 0.29) is 5.78 Å². The number of hydrogen-bond acceptors (Lipinski definition) is 2. The lowest BCUT2D eigenvalue weighted by Gasteiger charge is -2.30. The van der Waals surface area contributed by atoms with Crippen LogP contribution in [0.5, 0.6) is 0 Å². The van der Waals surface area contributed by atoms with E-state index < -0.39 is 7.14 Å². The van der Waals surface area contributed by atoms with Crippen LogP contribution in [0.2, 0.25) is 0 Å². The Morgan fingerprint density at radius 1 is 0.760 bits per heavy atom. The highest BCUT2D eigenvalue weighted by Crippen LogP contribution is 2.50. The fraction of sp³-hybridized carbons (Fsp3) is 0.182. The van der Waals surface area contributed by atoms with Crippen molar-refractivity contribution in [3.63, 3.8) is 0 Å². The van der Waals surface area contributed by atoms with Crippen molar-refractivity contribution in [2.75, 3.05) is 5.32 Å². The van der Waals surface area contributed by atoms with Crippen molar-refractivity contribution >= 4 is 23.4 Å². The van der Waals surface area contributed by atoms with Crippen molar-refractivity contribution in [1.29, 1.82) is 0 Å². The fourth-order valence-corrected chi connectivity index (χ4v) is 6.35. The first-order valence-corrected chi connectivity index (χ1v) is 10.6. The molecule has 3 rings (SSSR count). The molecule has 1 unspecified atom stereocenters. The molecular weight excluding hydrogens is 325 g/mol. The van der Waals surface area contributed by atoms with E-state index in [1.807, 2.05) is 91.0 Å². The van der Waals surface area contributed by atoms with E-state index >= 15 is 0 Å². The monoisotopic (exact) mass is 349 g/mol. The summed E-state index contributed by atoms with van der Waals surface area (Å²) in [6, 6.07) is 29.8. The van der Waals surface area contributed by atoms with Gasteiger partial charge in [-0.15, -0.1) is 0 Å². The maximum atomic E-state index is 14.4. The third-order valence-electron chi connectivity index (χ3n) is 4.39. The van der Waals surface area contributed by atoms with Gasteiger partial charge in [-0.3, -0.25) is 0 Å². The summed E-state index contributed by atoms with van der Waals surface area (Å²) < 4.78 is 14.4. The second-order valence-corrected chi connectivity index (χ2v) is 9.12. The van der Waals surface area contributed by atoms with Gasteiger partial charge in [-0.25, -0.2) is 0 Å². The fourth-order valence-electron chi connectivity index (χ4n) is 3.15. The lowest BCUT2D eigenvalue weighted by Crippen LogP contribution is -2.31. The van der Waals surface area contributed by atoms with Crippen LogP contribution in [0.4, 0.5) is 5.69 Å². The molecule has 0 aromatic heterocycles. The Hall–Kier alpha value is -2.31. The topological polar surface area (TPSA) is 29.1 Å². The Morgan fingerprint density at radius 3 is 1.64 bits per heavy atom. The lowest BCUT2D eigenvalue weighted by molar-refractivity contribution is 0.575. The van der Waals surface area contributed by atoms with Gasteiger partial charge >= 0.3 is 0 Å². The van der Waals surface area contributed by atoms with Crippen LogP contribution in [0.25, 0.3) is 0 Å². The highest BCUT2D eigenvalue weighted by Gasteiger charge is 2.36. The van der Waals surface area contributed by atoms with Gasteiger partial charge in [0.2, 0.25) is 0 Å². The number of benzene rings is 3. The van der Waals surface area contributed by atoms with Gasteiger partial charge in [0.05, 0.1) is 5.78 Å². The molecule has 0 bridgehead atoms. The molecule has 0 spiro atoms. The van der Waals surface area contributed by atoms with Gasteiger partial charge in [0.25, 0.3) is 0 Å². The molecule has 0 saturated carbocycles. The summed E-state index contributed by atoms with van der Waals surface area (Å²) in [6.07, 6.45) is 1.81. The molecule has 3 heteroatoms. The second-order valence-electron chi connectivity index (χ2n) is 6.14. The van der Waals surface area contributed by atoms with Crippen LogP contribution in [-0.4, -0.2) is 5.78 Å². The first-order valence-electron chi connectivity index (χ1n) is 8.77. The Balaban J connectivity index is 2.09. The molecule has 2 nitrogen and oxygen atoms in total. The number of hydrogen-bond donors (Lipinski definition) is 1. The van der Waals surface area contributed by atoms with E-state index in [2.05, 4.69) is 12.2 Å². The van der Waals surface area contributed by atoms with E-state index in [9.17, 15) is 4.57 Å². The summed E-state index contributed by atoms with van der Waals surface area (Å²) in [4.78, 5) is 0. The quantitative estimate of drug-likeness (QED) is 0.591. The Labute approximate surface area is 150 Å². The molecule has 128 valence electrons. The molecule has 3 aromatic rings. The zero-order chi connectivity index (χ0) is 17.5. The van der Waals surface area contributed by atoms with Crippen molar-refractivity contribution in [3.8, 4) is 0 Å². The average molecular weight is 349 g/mol. The van der Waals surface area contributed by atoms with Crippen LogP contribution in [-0.2, 0) is 4.57 Å². The standard InChI is InChI=1S/C22H24NOP/c1-2-12-22(23-19-13-6-3-7-14-19)25(24,20-15-8-4-9-16-20)21-17-10-5-11-18-21/h3-11,13-18,22-23H,2,12H2,1H3. The zero-order valence-corrected chi connectivity index (χ0v) is 15.4. The molecular formula is C22H24NOP. The van der Waals surface area contributed by atoms with Crippen molar-refractivity contribution in [3.05, 3.63) is 91.0 Å². The first-order chi connectivity index (χ1) is 12.2. The Bertz CT molecular complexity index is 775. The number of anilines is 1. The maximum Gasteiger partial charge on any atom is 0.164 e. The second kappa shape index (κ2) is 8.18. The summed E-state index contributed by atoms with van der Waals surface area (Å²) in [7, 11) is -2.83. The van der Waals surface area contributed by atoms with E-state index in [0.29, 0.717) is 0 Å². The number of rotatable bonds is 7. The maximum absolute atomic E-state index is 14.4. The van der Waals surface area contributed by atoms with E-state index in [4.69, 9.17) is 0 Å². The molecule has 0 amide bonds. The van der Waals surface area contributed by atoms with Crippen LogP contribution >= 0.6 is 7.14 Å². The summed E-state index contributed by atoms with van der Waals surface area (Å²) in [5.41, 5.74) is 1.01. The lowest BCUT2D eigenvalue weighted by atomic mass is 10.3. The molecule has 0 radical (unpaired) electrons. The summed E-state index contributed by atoms with van der Waals surface area (Å²) in [5.74, 6) is -0.135. The Kier molecular flexibility index (Phi) is 5.73. The summed E-state index contributed by atoms with van der Waals surface area (Å²) >= 11 is 0. The molecule has 0 saturated heterocycles. The molecule has 1 N–H and O–H groups in total. The average Bonchev–Trinajstić information content (AvgIpc) is 2.69. The van der Waals surface area contributed by atoms with Crippen molar-refractivity contribution in [2.45, 2.75) is 25.5 Å². The molecule has 0 heterocycles. The van der Waals surface area contributed by atoms with E-state index in [1.54, 1.807) is 0 Å². The van der Waals surface area contributed by atoms with Gasteiger partial charge < -0.3 is 9.88 Å². The van der Waals surface area contributed by atoms with Gasteiger partial charge in [-0.1, -0.05) is 92.2 Å². The highest BCUT2D eigenvalue weighted by atomic mass is 31.2. The summed E-state index contributed by atoms with van der Waals surface area (Å²) in [6.45, 7) is 2.14. The summed E-state index contributed by atoms with van der Waals surface area (Å²) in [5, 5.41) is 5.37. The van der Waals surface area contributed by atoms with Gasteiger partial charge in [-0.05, 0) is 18.6 Å². The third-order valence-corrected chi connectivity index (χ3v) is 7.78. The van der Waals surface area contributed by atoms with E-state index in [0.717, 1.165) is 29.1 Å². The van der Waals surface area contributed by atoms with Gasteiger partial charge in [0, 0.05) is 16.3 Å². The SMILES string of the molecule is CCCC(Nc1ccccc1)P(=O)(c1ccccc1)c1ccccc1. The first kappa shape index (κ1) is 17.5. The van der Waals surface area contributed by atoms with Crippen LogP contribution in [0, 0.1) is 0 Å². The van der Waals surface area contributed by atoms with Gasteiger partial charge in [0.1, 0.15) is 0 Å². The molecule has 25 heavy (non-hydrogen) atoms. The smallest absolute Gasteiger partial charge is 0.164 e. The largest absolute Gasteiger partial charge is 0.375 e. The highest BCUT2D eigenvalue weighted by molar-refractivity contribution is 7.79. The molecule has 0 fully saturated rings. The number of nitrogens with one attached hydrogen (secondary N) is 1. The van der Waals surface area contributed by atoms with Crippen molar-refractivity contribution in [2.24, 2.45) is 0 Å². The minimum atomic E-state index is -2.83. The van der Waals surface area contributed by atoms with Crippen LogP contribution in [0.15, 0.2) is 91.0 Å². The molecule has 3 aromatic carbocycles. The third kappa shape index (κ3) is 3.86. The molecule has 0 aliphatic rings. The minimum Gasteiger partial charge on any atom is -0.375 e. The van der Waals surface area contributed by atoms with Crippen molar-refractivity contribution in [1.82, 2.24) is 0 Å². The Morgan fingerprint density at radius 2 is 1.20 bits per heavy atom. The zero-order valence-electron chi connectivity index (χ0n) is 14.5. The normalized spacial score (nSPS) is 12.5. The predicted octanol–water partition coefficient (Wildman–Crippen LogP) is 5.24. The van der Waals surface area contributed by atoms with Crippen molar-refractivity contribution < 1.29 is 4.57 Å². The minimum absolute atomic E-state index is 0.135. The van der Waals surface area contributed by atoms with Crippen LogP contribution in [0.3, 0.4) is 0 Å². The van der Waals surface area contributed by atoms with Gasteiger partial charge in [0.15, 0.2) is 7.14 Å². The number of para-hydroxylation sites is 1. The molecule has 1 atom stereocenters. The molecule has 0 aliphatic heterocycles. The molecule has 0 aliphatic carbocycles. The van der Waals surface area contributed by atoms with Crippen LogP contribution < -0.4 is 15.9 Å².